The molecule has 2 fully saturated rings. The lowest BCUT2D eigenvalue weighted by molar-refractivity contribution is 0.00991. The highest BCUT2D eigenvalue weighted by atomic mass is 16.6. The Bertz CT molecular complexity index is 387. The molecule has 0 spiro atoms. The molecule has 2 aliphatic heterocycles. The van der Waals surface area contributed by atoms with Crippen LogP contribution in [0.1, 0.15) is 59.8 Å². The summed E-state index contributed by atoms with van der Waals surface area (Å²) >= 11 is 0. The Morgan fingerprint density at radius 2 is 1.83 bits per heavy atom. The van der Waals surface area contributed by atoms with Crippen molar-refractivity contribution in [2.45, 2.75) is 71.4 Å². The van der Waals surface area contributed by atoms with Crippen LogP contribution in [0.15, 0.2) is 0 Å². The molecule has 0 saturated carbocycles. The first-order valence-electron chi connectivity index (χ1n) is 9.78. The van der Waals surface area contributed by atoms with Gasteiger partial charge in [-0.05, 0) is 71.9 Å². The summed E-state index contributed by atoms with van der Waals surface area (Å²) in [7, 11) is 0. The van der Waals surface area contributed by atoms with Gasteiger partial charge in [0.25, 0.3) is 0 Å². The minimum atomic E-state index is -0.419. The third kappa shape index (κ3) is 6.60. The van der Waals surface area contributed by atoms with E-state index in [1.807, 2.05) is 25.7 Å². The van der Waals surface area contributed by atoms with Crippen molar-refractivity contribution in [1.29, 1.82) is 0 Å². The van der Waals surface area contributed by atoms with Crippen LogP contribution in [0.2, 0.25) is 0 Å². The van der Waals surface area contributed by atoms with Crippen LogP contribution in [0.4, 0.5) is 4.79 Å². The number of likely N-dealkylation sites (tertiary alicyclic amines) is 2. The molecule has 5 nitrogen and oxygen atoms in total. The number of carbonyl (C=O) groups is 1. The number of amides is 1. The molecule has 0 radical (unpaired) electrons. The predicted octanol–water partition coefficient (Wildman–Crippen LogP) is 3.10. The Balaban J connectivity index is 1.70. The Morgan fingerprint density at radius 3 is 2.50 bits per heavy atom. The van der Waals surface area contributed by atoms with Gasteiger partial charge in [0.05, 0.1) is 0 Å². The van der Waals surface area contributed by atoms with Gasteiger partial charge >= 0.3 is 6.09 Å². The monoisotopic (exact) mass is 339 g/mol. The third-order valence-corrected chi connectivity index (χ3v) is 5.12. The van der Waals surface area contributed by atoms with Gasteiger partial charge < -0.3 is 19.9 Å². The van der Waals surface area contributed by atoms with E-state index < -0.39 is 5.60 Å². The molecule has 0 aromatic carbocycles. The normalized spacial score (nSPS) is 24.2. The predicted molar refractivity (Wildman–Crippen MR) is 98.3 cm³/mol. The van der Waals surface area contributed by atoms with Crippen LogP contribution < -0.4 is 5.32 Å². The summed E-state index contributed by atoms with van der Waals surface area (Å²) in [6, 6.07) is 0.273. The SMILES string of the molecule is CC1CCN(CCNCC2CCCCN2C(=O)OC(C)(C)C)CC1. The second-order valence-corrected chi connectivity index (χ2v) is 8.55. The van der Waals surface area contributed by atoms with Crippen LogP contribution in [0, 0.1) is 5.92 Å². The van der Waals surface area contributed by atoms with Gasteiger partial charge in [-0.25, -0.2) is 4.79 Å². The average Bonchev–Trinajstić information content (AvgIpc) is 2.52. The maximum absolute atomic E-state index is 12.4. The van der Waals surface area contributed by atoms with Gasteiger partial charge in [-0.1, -0.05) is 6.92 Å². The molecule has 1 amide bonds. The zero-order valence-corrected chi connectivity index (χ0v) is 16.1. The summed E-state index contributed by atoms with van der Waals surface area (Å²) in [5, 5.41) is 3.57. The quantitative estimate of drug-likeness (QED) is 0.782. The molecule has 2 rings (SSSR count). The topological polar surface area (TPSA) is 44.8 Å². The fourth-order valence-electron chi connectivity index (χ4n) is 3.57. The second kappa shape index (κ2) is 9.04. The summed E-state index contributed by atoms with van der Waals surface area (Å²) < 4.78 is 5.57. The standard InChI is InChI=1S/C19H37N3O2/c1-16-8-12-21(13-9-16)14-10-20-15-17-7-5-6-11-22(17)18(23)24-19(2,3)4/h16-17,20H,5-15H2,1-4H3. The van der Waals surface area contributed by atoms with Crippen molar-refractivity contribution in [2.24, 2.45) is 5.92 Å². The van der Waals surface area contributed by atoms with Crippen molar-refractivity contribution in [3.63, 3.8) is 0 Å². The van der Waals surface area contributed by atoms with Gasteiger partial charge in [0.15, 0.2) is 0 Å². The largest absolute Gasteiger partial charge is 0.444 e. The maximum Gasteiger partial charge on any atom is 0.410 e. The van der Waals surface area contributed by atoms with Gasteiger partial charge in [-0.15, -0.1) is 0 Å². The number of hydrogen-bond acceptors (Lipinski definition) is 4. The van der Waals surface area contributed by atoms with Gasteiger partial charge in [0.1, 0.15) is 5.60 Å². The lowest BCUT2D eigenvalue weighted by Gasteiger charge is -2.37. The van der Waals surface area contributed by atoms with Gasteiger partial charge in [0, 0.05) is 32.2 Å². The van der Waals surface area contributed by atoms with E-state index in [-0.39, 0.29) is 12.1 Å². The van der Waals surface area contributed by atoms with Crippen molar-refractivity contribution < 1.29 is 9.53 Å². The minimum Gasteiger partial charge on any atom is -0.444 e. The number of hydrogen-bond donors (Lipinski definition) is 1. The van der Waals surface area contributed by atoms with E-state index in [0.717, 1.165) is 44.9 Å². The van der Waals surface area contributed by atoms with Gasteiger partial charge in [0.2, 0.25) is 0 Å². The molecule has 1 atom stereocenters. The Morgan fingerprint density at radius 1 is 1.12 bits per heavy atom. The molecular weight excluding hydrogens is 302 g/mol. The number of piperidine rings is 2. The summed E-state index contributed by atoms with van der Waals surface area (Å²) in [6.45, 7) is 14.4. The van der Waals surface area contributed by atoms with Crippen LogP contribution in [-0.4, -0.2) is 66.8 Å². The first kappa shape index (κ1) is 19.5. The fraction of sp³-hybridized carbons (Fsp3) is 0.947. The molecule has 0 aromatic rings. The van der Waals surface area contributed by atoms with E-state index in [1.165, 1.54) is 32.4 Å². The zero-order chi connectivity index (χ0) is 17.6. The summed E-state index contributed by atoms with van der Waals surface area (Å²) in [5.41, 5.74) is -0.419. The zero-order valence-electron chi connectivity index (χ0n) is 16.1. The van der Waals surface area contributed by atoms with Gasteiger partial charge in [-0.2, -0.15) is 0 Å². The number of carbonyl (C=O) groups excluding carboxylic acids is 1. The lowest BCUT2D eigenvalue weighted by Crippen LogP contribution is -2.50. The van der Waals surface area contributed by atoms with Crippen LogP contribution in [0.3, 0.4) is 0 Å². The molecule has 0 aromatic heterocycles. The number of nitrogens with zero attached hydrogens (tertiary/aromatic N) is 2. The molecule has 1 unspecified atom stereocenters. The van der Waals surface area contributed by atoms with Crippen LogP contribution in [0.25, 0.3) is 0 Å². The van der Waals surface area contributed by atoms with Crippen LogP contribution in [-0.2, 0) is 4.74 Å². The lowest BCUT2D eigenvalue weighted by atomic mass is 9.99. The molecule has 24 heavy (non-hydrogen) atoms. The van der Waals surface area contributed by atoms with Crippen LogP contribution in [0.5, 0.6) is 0 Å². The molecule has 0 bridgehead atoms. The smallest absolute Gasteiger partial charge is 0.410 e. The molecule has 5 heteroatoms. The van der Waals surface area contributed by atoms with Crippen molar-refractivity contribution in [1.82, 2.24) is 15.1 Å². The Hall–Kier alpha value is -0.810. The van der Waals surface area contributed by atoms with E-state index >= 15 is 0 Å². The number of ether oxygens (including phenoxy) is 1. The molecule has 140 valence electrons. The summed E-state index contributed by atoms with van der Waals surface area (Å²) in [4.78, 5) is 16.9. The summed E-state index contributed by atoms with van der Waals surface area (Å²) in [5.74, 6) is 0.888. The van der Waals surface area contributed by atoms with E-state index in [2.05, 4.69) is 17.1 Å². The van der Waals surface area contributed by atoms with Crippen molar-refractivity contribution in [3.05, 3.63) is 0 Å². The highest BCUT2D eigenvalue weighted by Gasteiger charge is 2.30. The van der Waals surface area contributed by atoms with Crippen molar-refractivity contribution >= 4 is 6.09 Å². The molecule has 2 heterocycles. The van der Waals surface area contributed by atoms with Gasteiger partial charge in [-0.3, -0.25) is 0 Å². The first-order valence-corrected chi connectivity index (χ1v) is 9.78. The molecule has 1 N–H and O–H groups in total. The highest BCUT2D eigenvalue weighted by molar-refractivity contribution is 5.68. The minimum absolute atomic E-state index is 0.154. The maximum atomic E-state index is 12.4. The van der Waals surface area contributed by atoms with E-state index in [9.17, 15) is 4.79 Å². The number of rotatable bonds is 5. The Labute approximate surface area is 148 Å². The van der Waals surface area contributed by atoms with E-state index in [1.54, 1.807) is 0 Å². The second-order valence-electron chi connectivity index (χ2n) is 8.55. The third-order valence-electron chi connectivity index (χ3n) is 5.12. The van der Waals surface area contributed by atoms with Crippen molar-refractivity contribution in [3.8, 4) is 0 Å². The summed E-state index contributed by atoms with van der Waals surface area (Å²) in [6.07, 6.45) is 5.87. The van der Waals surface area contributed by atoms with E-state index in [4.69, 9.17) is 4.74 Å². The Kier molecular flexibility index (Phi) is 7.35. The molecule has 0 aliphatic carbocycles. The van der Waals surface area contributed by atoms with Crippen molar-refractivity contribution in [2.75, 3.05) is 39.3 Å². The van der Waals surface area contributed by atoms with Crippen LogP contribution >= 0.6 is 0 Å². The highest BCUT2D eigenvalue weighted by Crippen LogP contribution is 2.20. The fourth-order valence-corrected chi connectivity index (χ4v) is 3.57. The average molecular weight is 340 g/mol. The molecular formula is C19H37N3O2. The molecule has 2 saturated heterocycles. The number of nitrogens with one attached hydrogen (secondary N) is 1. The first-order chi connectivity index (χ1) is 11.3. The molecule has 2 aliphatic rings. The van der Waals surface area contributed by atoms with E-state index in [0.29, 0.717) is 0 Å².